The van der Waals surface area contributed by atoms with Gasteiger partial charge in [0, 0.05) is 0 Å². The molecule has 0 amide bonds. The molecule has 1 aliphatic rings. The van der Waals surface area contributed by atoms with E-state index in [0.29, 0.717) is 16.2 Å². The summed E-state index contributed by atoms with van der Waals surface area (Å²) in [6, 6.07) is 0. The van der Waals surface area contributed by atoms with Gasteiger partial charge < -0.3 is 0 Å². The van der Waals surface area contributed by atoms with Crippen LogP contribution in [-0.2, 0) is 0 Å². The van der Waals surface area contributed by atoms with E-state index in [0.717, 1.165) is 5.92 Å². The lowest BCUT2D eigenvalue weighted by Crippen LogP contribution is -2.40. The SMILES string of the molecule is CCCCCCCC1CCC(C)(C)CCCCC1(C)C(C)(C)C. The first-order valence-corrected chi connectivity index (χ1v) is 10.6. The number of rotatable bonds is 6. The van der Waals surface area contributed by atoms with Crippen LogP contribution in [-0.4, -0.2) is 0 Å². The molecule has 0 radical (unpaired) electrons. The van der Waals surface area contributed by atoms with Gasteiger partial charge >= 0.3 is 0 Å². The van der Waals surface area contributed by atoms with Gasteiger partial charge in [-0.25, -0.2) is 0 Å². The molecule has 23 heavy (non-hydrogen) atoms. The zero-order valence-electron chi connectivity index (χ0n) is 17.6. The smallest absolute Gasteiger partial charge is 0.0249 e. The minimum absolute atomic E-state index is 0.426. The number of hydrogen-bond donors (Lipinski definition) is 0. The Kier molecular flexibility index (Phi) is 8.15. The first kappa shape index (κ1) is 21.0. The first-order valence-electron chi connectivity index (χ1n) is 10.6. The van der Waals surface area contributed by atoms with Crippen LogP contribution in [0, 0.1) is 22.2 Å². The maximum atomic E-state index is 2.63. The van der Waals surface area contributed by atoms with E-state index >= 15 is 0 Å². The third-order valence-electron chi connectivity index (χ3n) is 7.24. The van der Waals surface area contributed by atoms with Crippen molar-refractivity contribution in [3.8, 4) is 0 Å². The third-order valence-corrected chi connectivity index (χ3v) is 7.24. The highest BCUT2D eigenvalue weighted by atomic mass is 14.5. The molecule has 0 aromatic carbocycles. The fourth-order valence-corrected chi connectivity index (χ4v) is 4.75. The maximum absolute atomic E-state index is 2.63. The van der Waals surface area contributed by atoms with Gasteiger partial charge in [-0.1, -0.05) is 93.4 Å². The lowest BCUT2D eigenvalue weighted by molar-refractivity contribution is 0.0103. The molecule has 0 aliphatic heterocycles. The largest absolute Gasteiger partial charge is 0.0654 e. The second-order valence-electron chi connectivity index (χ2n) is 10.5. The Morgan fingerprint density at radius 1 is 0.826 bits per heavy atom. The van der Waals surface area contributed by atoms with Crippen molar-refractivity contribution in [2.24, 2.45) is 22.2 Å². The monoisotopic (exact) mass is 322 g/mol. The Hall–Kier alpha value is 0. The van der Waals surface area contributed by atoms with Crippen molar-refractivity contribution >= 4 is 0 Å². The van der Waals surface area contributed by atoms with Crippen molar-refractivity contribution in [3.63, 3.8) is 0 Å². The van der Waals surface area contributed by atoms with Gasteiger partial charge in [-0.3, -0.25) is 0 Å². The van der Waals surface area contributed by atoms with E-state index in [9.17, 15) is 0 Å². The van der Waals surface area contributed by atoms with Crippen LogP contribution in [0.2, 0.25) is 0 Å². The average Bonchev–Trinajstić information content (AvgIpc) is 2.49. The van der Waals surface area contributed by atoms with Gasteiger partial charge in [0.25, 0.3) is 0 Å². The summed E-state index contributed by atoms with van der Waals surface area (Å²) in [6.45, 7) is 17.5. The zero-order valence-corrected chi connectivity index (χ0v) is 17.6. The van der Waals surface area contributed by atoms with Gasteiger partial charge in [-0.2, -0.15) is 0 Å². The maximum Gasteiger partial charge on any atom is -0.0249 e. The highest BCUT2D eigenvalue weighted by Crippen LogP contribution is 2.53. The van der Waals surface area contributed by atoms with Crippen molar-refractivity contribution in [1.29, 1.82) is 0 Å². The molecular weight excluding hydrogens is 276 g/mol. The van der Waals surface area contributed by atoms with Crippen LogP contribution in [0.1, 0.15) is 126 Å². The van der Waals surface area contributed by atoms with E-state index in [4.69, 9.17) is 0 Å². The molecule has 1 aliphatic carbocycles. The van der Waals surface area contributed by atoms with E-state index in [2.05, 4.69) is 48.5 Å². The van der Waals surface area contributed by atoms with Gasteiger partial charge in [0.2, 0.25) is 0 Å². The van der Waals surface area contributed by atoms with Crippen LogP contribution in [0.4, 0.5) is 0 Å². The quantitative estimate of drug-likeness (QED) is 0.431. The molecule has 2 unspecified atom stereocenters. The second-order valence-corrected chi connectivity index (χ2v) is 10.5. The van der Waals surface area contributed by atoms with E-state index in [-0.39, 0.29) is 0 Å². The van der Waals surface area contributed by atoms with E-state index in [1.165, 1.54) is 77.0 Å². The highest BCUT2D eigenvalue weighted by Gasteiger charge is 2.43. The normalized spacial score (nSPS) is 29.6. The number of unbranched alkanes of at least 4 members (excludes halogenated alkanes) is 4. The van der Waals surface area contributed by atoms with E-state index in [1.807, 2.05) is 0 Å². The molecule has 0 spiro atoms. The third kappa shape index (κ3) is 6.43. The first-order chi connectivity index (χ1) is 10.6. The molecule has 138 valence electrons. The summed E-state index contributed by atoms with van der Waals surface area (Å²) in [5.41, 5.74) is 1.50. The van der Waals surface area contributed by atoms with Crippen LogP contribution in [0.5, 0.6) is 0 Å². The summed E-state index contributed by atoms with van der Waals surface area (Å²) in [5.74, 6) is 0.918. The predicted molar refractivity (Wildman–Crippen MR) is 106 cm³/mol. The predicted octanol–water partition coefficient (Wildman–Crippen LogP) is 8.40. The molecule has 0 saturated heterocycles. The Bertz CT molecular complexity index is 319. The topological polar surface area (TPSA) is 0 Å². The van der Waals surface area contributed by atoms with Gasteiger partial charge in [-0.15, -0.1) is 0 Å². The van der Waals surface area contributed by atoms with E-state index < -0.39 is 0 Å². The molecule has 0 heterocycles. The zero-order chi connectivity index (χ0) is 17.6. The van der Waals surface area contributed by atoms with Crippen molar-refractivity contribution < 1.29 is 0 Å². The highest BCUT2D eigenvalue weighted by molar-refractivity contribution is 4.93. The molecule has 1 fully saturated rings. The lowest BCUT2D eigenvalue weighted by atomic mass is 9.56. The van der Waals surface area contributed by atoms with Gasteiger partial charge in [0.05, 0.1) is 0 Å². The molecule has 1 saturated carbocycles. The Morgan fingerprint density at radius 2 is 1.43 bits per heavy atom. The summed E-state index contributed by atoms with van der Waals surface area (Å²) in [6.07, 6.45) is 17.2. The molecule has 2 atom stereocenters. The molecule has 0 aromatic heterocycles. The minimum Gasteiger partial charge on any atom is -0.0654 e. The van der Waals surface area contributed by atoms with Gasteiger partial charge in [-0.05, 0) is 54.3 Å². The van der Waals surface area contributed by atoms with Crippen LogP contribution in [0.3, 0.4) is 0 Å². The van der Waals surface area contributed by atoms with E-state index in [1.54, 1.807) is 0 Å². The fourth-order valence-electron chi connectivity index (χ4n) is 4.75. The summed E-state index contributed by atoms with van der Waals surface area (Å²) in [5, 5.41) is 0. The van der Waals surface area contributed by atoms with Crippen LogP contribution in [0.15, 0.2) is 0 Å². The summed E-state index contributed by atoms with van der Waals surface area (Å²) < 4.78 is 0. The molecule has 1 rings (SSSR count). The molecule has 0 heteroatoms. The Balaban J connectivity index is 2.79. The molecule has 0 aromatic rings. The summed E-state index contributed by atoms with van der Waals surface area (Å²) >= 11 is 0. The number of hydrogen-bond acceptors (Lipinski definition) is 0. The molecule has 0 nitrogen and oxygen atoms in total. The van der Waals surface area contributed by atoms with Crippen molar-refractivity contribution in [1.82, 2.24) is 0 Å². The fraction of sp³-hybridized carbons (Fsp3) is 1.00. The average molecular weight is 323 g/mol. The standard InChI is InChI=1S/C23H46/c1-8-9-10-11-12-15-20-16-19-22(5,6)17-13-14-18-23(20,7)21(2,3)4/h20H,8-19H2,1-7H3. The van der Waals surface area contributed by atoms with Gasteiger partial charge in [0.15, 0.2) is 0 Å². The van der Waals surface area contributed by atoms with Crippen molar-refractivity contribution in [2.45, 2.75) is 126 Å². The van der Waals surface area contributed by atoms with Crippen LogP contribution < -0.4 is 0 Å². The Morgan fingerprint density at radius 3 is 2.04 bits per heavy atom. The van der Waals surface area contributed by atoms with Crippen LogP contribution >= 0.6 is 0 Å². The minimum atomic E-state index is 0.426. The Labute approximate surface area is 148 Å². The van der Waals surface area contributed by atoms with Gasteiger partial charge in [0.1, 0.15) is 0 Å². The molecular formula is C23H46. The molecule has 0 N–H and O–H groups in total. The summed E-state index contributed by atoms with van der Waals surface area (Å²) in [4.78, 5) is 0. The van der Waals surface area contributed by atoms with Crippen molar-refractivity contribution in [3.05, 3.63) is 0 Å². The molecule has 0 bridgehead atoms. The second kappa shape index (κ2) is 8.91. The van der Waals surface area contributed by atoms with Crippen molar-refractivity contribution in [2.75, 3.05) is 0 Å². The summed E-state index contributed by atoms with van der Waals surface area (Å²) in [7, 11) is 0. The van der Waals surface area contributed by atoms with Crippen LogP contribution in [0.25, 0.3) is 0 Å². The lowest BCUT2D eigenvalue weighted by Gasteiger charge is -2.49.